The van der Waals surface area contributed by atoms with Gasteiger partial charge in [-0.2, -0.15) is 0 Å². The summed E-state index contributed by atoms with van der Waals surface area (Å²) >= 11 is 0. The fraction of sp³-hybridized carbons (Fsp3) is 0. The number of carbonyl (C=O) groups excluding carboxylic acids is 3. The zero-order chi connectivity index (χ0) is 17.7. The van der Waals surface area contributed by atoms with Crippen molar-refractivity contribution in [1.29, 1.82) is 0 Å². The van der Waals surface area contributed by atoms with E-state index in [0.717, 1.165) is 12.1 Å². The van der Waals surface area contributed by atoms with Crippen molar-refractivity contribution in [3.05, 3.63) is 70.9 Å². The molecule has 0 saturated heterocycles. The number of aromatic amines is 1. The van der Waals surface area contributed by atoms with Gasteiger partial charge in [0, 0.05) is 11.5 Å². The average Bonchev–Trinajstić information content (AvgIpc) is 3.11. The van der Waals surface area contributed by atoms with E-state index < -0.39 is 29.4 Å². The third kappa shape index (κ3) is 2.26. The van der Waals surface area contributed by atoms with Crippen LogP contribution in [-0.4, -0.2) is 27.8 Å². The molecule has 1 aromatic heterocycles. The monoisotopic (exact) mass is 342 g/mol. The lowest BCUT2D eigenvalue weighted by Gasteiger charge is -2.11. The number of hydroxylamine groups is 2. The van der Waals surface area contributed by atoms with Gasteiger partial charge in [0.05, 0.1) is 16.6 Å². The zero-order valence-corrected chi connectivity index (χ0v) is 12.4. The molecule has 0 radical (unpaired) electrons. The summed E-state index contributed by atoms with van der Waals surface area (Å²) in [6, 6.07) is 8.82. The third-order valence-corrected chi connectivity index (χ3v) is 3.80. The molecule has 8 heteroatoms. The van der Waals surface area contributed by atoms with Gasteiger partial charge in [-0.1, -0.05) is 17.2 Å². The standard InChI is InChI=1S/C17H8F2N2O4/c18-8-5-12(19)11-7-14(20-13(11)6-8)17(24)25-21-15(22)9-3-1-2-4-10(9)16(21)23/h1-7,20H. The molecule has 0 bridgehead atoms. The zero-order valence-electron chi connectivity index (χ0n) is 12.4. The minimum Gasteiger partial charge on any atom is -0.349 e. The second-order valence-corrected chi connectivity index (χ2v) is 5.36. The summed E-state index contributed by atoms with van der Waals surface area (Å²) < 4.78 is 26.9. The van der Waals surface area contributed by atoms with Gasteiger partial charge in [0.1, 0.15) is 17.3 Å². The fourth-order valence-corrected chi connectivity index (χ4v) is 2.65. The number of amides is 2. The van der Waals surface area contributed by atoms with E-state index >= 15 is 0 Å². The molecular weight excluding hydrogens is 334 g/mol. The Kier molecular flexibility index (Phi) is 3.14. The minimum absolute atomic E-state index is 0.0179. The summed E-state index contributed by atoms with van der Waals surface area (Å²) in [5.74, 6) is -4.30. The Hall–Kier alpha value is -3.55. The smallest absolute Gasteiger partial charge is 0.349 e. The molecule has 2 aromatic carbocycles. The summed E-state index contributed by atoms with van der Waals surface area (Å²) in [5.41, 5.74) is 0.0537. The van der Waals surface area contributed by atoms with Crippen molar-refractivity contribution in [2.45, 2.75) is 0 Å². The lowest BCUT2D eigenvalue weighted by molar-refractivity contribution is -0.0587. The molecule has 0 fully saturated rings. The number of carbonyl (C=O) groups is 3. The number of imide groups is 1. The maximum Gasteiger partial charge on any atom is 0.380 e. The van der Waals surface area contributed by atoms with E-state index in [1.165, 1.54) is 12.1 Å². The fourth-order valence-electron chi connectivity index (χ4n) is 2.65. The summed E-state index contributed by atoms with van der Waals surface area (Å²) in [5, 5.41) is 0.325. The van der Waals surface area contributed by atoms with Gasteiger partial charge in [0.25, 0.3) is 11.8 Å². The SMILES string of the molecule is O=C(ON1C(=O)c2ccccc2C1=O)c1cc2c(F)cc(F)cc2[nH]1. The summed E-state index contributed by atoms with van der Waals surface area (Å²) in [7, 11) is 0. The Labute approximate surface area is 138 Å². The Morgan fingerprint density at radius 3 is 2.28 bits per heavy atom. The maximum atomic E-state index is 13.7. The second-order valence-electron chi connectivity index (χ2n) is 5.36. The lowest BCUT2D eigenvalue weighted by atomic mass is 10.1. The van der Waals surface area contributed by atoms with Crippen molar-refractivity contribution < 1.29 is 28.0 Å². The molecule has 2 amide bonds. The molecule has 4 rings (SSSR count). The van der Waals surface area contributed by atoms with E-state index in [-0.39, 0.29) is 27.7 Å². The first-order valence-corrected chi connectivity index (χ1v) is 7.13. The Balaban J connectivity index is 1.64. The van der Waals surface area contributed by atoms with Crippen molar-refractivity contribution in [2.75, 3.05) is 0 Å². The average molecular weight is 342 g/mol. The van der Waals surface area contributed by atoms with Crippen LogP contribution in [0.3, 0.4) is 0 Å². The van der Waals surface area contributed by atoms with E-state index in [1.54, 1.807) is 12.1 Å². The first kappa shape index (κ1) is 15.0. The number of hydrogen-bond donors (Lipinski definition) is 1. The summed E-state index contributed by atoms with van der Waals surface area (Å²) in [4.78, 5) is 43.8. The Bertz CT molecular complexity index is 1040. The van der Waals surface area contributed by atoms with Crippen LogP contribution >= 0.6 is 0 Å². The molecule has 1 N–H and O–H groups in total. The molecule has 3 aromatic rings. The number of nitrogens with one attached hydrogen (secondary N) is 1. The Morgan fingerprint density at radius 1 is 1.00 bits per heavy atom. The number of hydrogen-bond acceptors (Lipinski definition) is 4. The van der Waals surface area contributed by atoms with E-state index in [0.29, 0.717) is 11.1 Å². The van der Waals surface area contributed by atoms with Crippen LogP contribution in [0.1, 0.15) is 31.2 Å². The molecule has 0 spiro atoms. The minimum atomic E-state index is -1.08. The first-order chi connectivity index (χ1) is 12.0. The van der Waals surface area contributed by atoms with E-state index in [2.05, 4.69) is 4.98 Å². The predicted molar refractivity (Wildman–Crippen MR) is 80.6 cm³/mol. The number of fused-ring (bicyclic) bond motifs is 2. The number of halogens is 2. The molecule has 0 saturated carbocycles. The van der Waals surface area contributed by atoms with Crippen molar-refractivity contribution >= 4 is 28.7 Å². The molecule has 1 aliphatic rings. The van der Waals surface area contributed by atoms with Gasteiger partial charge in [0.2, 0.25) is 0 Å². The molecule has 0 aliphatic carbocycles. The predicted octanol–water partition coefficient (Wildman–Crippen LogP) is 2.81. The van der Waals surface area contributed by atoms with Gasteiger partial charge in [-0.25, -0.2) is 13.6 Å². The largest absolute Gasteiger partial charge is 0.380 e. The molecule has 1 aliphatic heterocycles. The van der Waals surface area contributed by atoms with Crippen LogP contribution in [-0.2, 0) is 4.84 Å². The highest BCUT2D eigenvalue weighted by Gasteiger charge is 2.39. The lowest BCUT2D eigenvalue weighted by Crippen LogP contribution is -2.32. The summed E-state index contributed by atoms with van der Waals surface area (Å²) in [6.45, 7) is 0. The number of aromatic nitrogens is 1. The van der Waals surface area contributed by atoms with E-state index in [4.69, 9.17) is 4.84 Å². The van der Waals surface area contributed by atoms with E-state index in [1.807, 2.05) is 0 Å². The van der Waals surface area contributed by atoms with Gasteiger partial charge < -0.3 is 9.82 Å². The highest BCUT2D eigenvalue weighted by Crippen LogP contribution is 2.25. The van der Waals surface area contributed by atoms with Crippen LogP contribution in [0.5, 0.6) is 0 Å². The van der Waals surface area contributed by atoms with Gasteiger partial charge in [-0.05, 0) is 24.3 Å². The molecule has 2 heterocycles. The molecule has 0 unspecified atom stereocenters. The van der Waals surface area contributed by atoms with Crippen LogP contribution in [0.4, 0.5) is 8.78 Å². The number of benzene rings is 2. The topological polar surface area (TPSA) is 79.5 Å². The van der Waals surface area contributed by atoms with Crippen LogP contribution in [0.15, 0.2) is 42.5 Å². The van der Waals surface area contributed by atoms with Crippen LogP contribution < -0.4 is 0 Å². The second kappa shape index (κ2) is 5.23. The number of H-pyrrole nitrogens is 1. The van der Waals surface area contributed by atoms with Crippen LogP contribution in [0.2, 0.25) is 0 Å². The highest BCUT2D eigenvalue weighted by atomic mass is 19.1. The van der Waals surface area contributed by atoms with Crippen molar-refractivity contribution in [3.63, 3.8) is 0 Å². The van der Waals surface area contributed by atoms with Gasteiger partial charge in [-0.15, -0.1) is 0 Å². The van der Waals surface area contributed by atoms with Crippen molar-refractivity contribution in [3.8, 4) is 0 Å². The highest BCUT2D eigenvalue weighted by molar-refractivity contribution is 6.21. The molecule has 124 valence electrons. The maximum absolute atomic E-state index is 13.7. The van der Waals surface area contributed by atoms with Gasteiger partial charge in [-0.3, -0.25) is 9.59 Å². The normalized spacial score (nSPS) is 13.4. The van der Waals surface area contributed by atoms with Crippen molar-refractivity contribution in [2.24, 2.45) is 0 Å². The van der Waals surface area contributed by atoms with Gasteiger partial charge >= 0.3 is 5.97 Å². The Morgan fingerprint density at radius 2 is 1.64 bits per heavy atom. The van der Waals surface area contributed by atoms with Crippen molar-refractivity contribution in [1.82, 2.24) is 10.0 Å². The van der Waals surface area contributed by atoms with E-state index in [9.17, 15) is 23.2 Å². The number of rotatable bonds is 2. The summed E-state index contributed by atoms with van der Waals surface area (Å²) in [6.07, 6.45) is 0. The third-order valence-electron chi connectivity index (χ3n) is 3.80. The van der Waals surface area contributed by atoms with Gasteiger partial charge in [0.15, 0.2) is 0 Å². The molecular formula is C17H8F2N2O4. The number of nitrogens with zero attached hydrogens (tertiary/aromatic N) is 1. The molecule has 0 atom stereocenters. The first-order valence-electron chi connectivity index (χ1n) is 7.13. The molecule has 25 heavy (non-hydrogen) atoms. The molecule has 6 nitrogen and oxygen atoms in total. The quantitative estimate of drug-likeness (QED) is 0.726. The van der Waals surface area contributed by atoms with Crippen LogP contribution in [0, 0.1) is 11.6 Å². The van der Waals surface area contributed by atoms with Crippen LogP contribution in [0.25, 0.3) is 10.9 Å².